The number of nitrogen functional groups attached to an aromatic ring is 1. The second-order valence-corrected chi connectivity index (χ2v) is 8.26. The van der Waals surface area contributed by atoms with Gasteiger partial charge in [0.25, 0.3) is 0 Å². The monoisotopic (exact) mass is 309 g/mol. The van der Waals surface area contributed by atoms with Gasteiger partial charge in [0.15, 0.2) is 0 Å². The zero-order valence-corrected chi connectivity index (χ0v) is 13.1. The van der Waals surface area contributed by atoms with Gasteiger partial charge in [-0.1, -0.05) is 19.3 Å². The van der Waals surface area contributed by atoms with Gasteiger partial charge >= 0.3 is 0 Å². The molecule has 21 heavy (non-hydrogen) atoms. The van der Waals surface area contributed by atoms with Gasteiger partial charge in [-0.25, -0.2) is 13.4 Å². The van der Waals surface area contributed by atoms with Gasteiger partial charge in [-0.3, -0.25) is 0 Å². The molecule has 3 rings (SSSR count). The summed E-state index contributed by atoms with van der Waals surface area (Å²) in [6.07, 6.45) is 9.91. The average Bonchev–Trinajstić information content (AvgIpc) is 2.49. The SMILES string of the molecule is Nc1ncccc1S(=O)(=O)N1CCC2(CCCCC2)CC1. The molecule has 2 aliphatic rings. The van der Waals surface area contributed by atoms with Crippen molar-refractivity contribution in [3.05, 3.63) is 18.3 Å². The summed E-state index contributed by atoms with van der Waals surface area (Å²) in [7, 11) is -3.50. The van der Waals surface area contributed by atoms with Gasteiger partial charge in [0.2, 0.25) is 10.0 Å². The first-order chi connectivity index (χ1) is 10.0. The Morgan fingerprint density at radius 1 is 1.10 bits per heavy atom. The Balaban J connectivity index is 1.76. The second-order valence-electron chi connectivity index (χ2n) is 6.35. The van der Waals surface area contributed by atoms with Crippen molar-refractivity contribution in [3.63, 3.8) is 0 Å². The van der Waals surface area contributed by atoms with Crippen molar-refractivity contribution in [2.75, 3.05) is 18.8 Å². The van der Waals surface area contributed by atoms with Crippen LogP contribution in [0.3, 0.4) is 0 Å². The van der Waals surface area contributed by atoms with Crippen LogP contribution in [-0.2, 0) is 10.0 Å². The van der Waals surface area contributed by atoms with Gasteiger partial charge in [-0.05, 0) is 43.2 Å². The largest absolute Gasteiger partial charge is 0.383 e. The summed E-state index contributed by atoms with van der Waals surface area (Å²) in [6.45, 7) is 1.22. The smallest absolute Gasteiger partial charge is 0.246 e. The number of rotatable bonds is 2. The lowest BCUT2D eigenvalue weighted by molar-refractivity contribution is 0.102. The van der Waals surface area contributed by atoms with E-state index in [2.05, 4.69) is 4.98 Å². The highest BCUT2D eigenvalue weighted by molar-refractivity contribution is 7.89. The van der Waals surface area contributed by atoms with E-state index in [1.165, 1.54) is 38.3 Å². The maximum absolute atomic E-state index is 12.7. The van der Waals surface area contributed by atoms with Gasteiger partial charge in [0.1, 0.15) is 10.7 Å². The predicted molar refractivity (Wildman–Crippen MR) is 82.2 cm³/mol. The van der Waals surface area contributed by atoms with E-state index < -0.39 is 10.0 Å². The molecule has 1 aromatic rings. The predicted octanol–water partition coefficient (Wildman–Crippen LogP) is 2.40. The fraction of sp³-hybridized carbons (Fsp3) is 0.667. The minimum atomic E-state index is -3.50. The lowest BCUT2D eigenvalue weighted by atomic mass is 9.68. The van der Waals surface area contributed by atoms with Crippen LogP contribution in [0.5, 0.6) is 0 Å². The van der Waals surface area contributed by atoms with Crippen LogP contribution in [0.4, 0.5) is 5.82 Å². The number of piperidine rings is 1. The Bertz CT molecular complexity index is 599. The van der Waals surface area contributed by atoms with Crippen LogP contribution >= 0.6 is 0 Å². The molecule has 0 atom stereocenters. The number of sulfonamides is 1. The van der Waals surface area contributed by atoms with Crippen molar-refractivity contribution in [1.29, 1.82) is 0 Å². The Morgan fingerprint density at radius 2 is 1.76 bits per heavy atom. The van der Waals surface area contributed by atoms with E-state index in [1.54, 1.807) is 16.4 Å². The van der Waals surface area contributed by atoms with Crippen LogP contribution < -0.4 is 5.73 Å². The third kappa shape index (κ3) is 2.79. The minimum absolute atomic E-state index is 0.0930. The minimum Gasteiger partial charge on any atom is -0.383 e. The van der Waals surface area contributed by atoms with Crippen molar-refractivity contribution in [2.24, 2.45) is 5.41 Å². The molecule has 0 radical (unpaired) electrons. The molecule has 0 amide bonds. The van der Waals surface area contributed by atoms with E-state index in [0.29, 0.717) is 18.5 Å². The number of nitrogens with zero attached hydrogens (tertiary/aromatic N) is 2. The van der Waals surface area contributed by atoms with E-state index in [4.69, 9.17) is 5.73 Å². The third-order valence-corrected chi connectivity index (χ3v) is 7.06. The first kappa shape index (κ1) is 14.8. The van der Waals surface area contributed by atoms with Crippen molar-refractivity contribution < 1.29 is 8.42 Å². The molecule has 1 spiro atoms. The molecule has 0 aromatic carbocycles. The number of anilines is 1. The zero-order valence-electron chi connectivity index (χ0n) is 12.3. The van der Waals surface area contributed by atoms with Crippen LogP contribution in [0.25, 0.3) is 0 Å². The molecule has 1 aliphatic carbocycles. The normalized spacial score (nSPS) is 23.2. The lowest BCUT2D eigenvalue weighted by Gasteiger charge is -2.43. The molecule has 1 aliphatic heterocycles. The number of pyridine rings is 1. The highest BCUT2D eigenvalue weighted by atomic mass is 32.2. The summed E-state index contributed by atoms with van der Waals surface area (Å²) >= 11 is 0. The Morgan fingerprint density at radius 3 is 2.38 bits per heavy atom. The molecular weight excluding hydrogens is 286 g/mol. The molecule has 5 nitrogen and oxygen atoms in total. The molecule has 116 valence electrons. The molecule has 0 bridgehead atoms. The van der Waals surface area contributed by atoms with Gasteiger partial charge < -0.3 is 5.73 Å². The lowest BCUT2D eigenvalue weighted by Crippen LogP contribution is -2.44. The van der Waals surface area contributed by atoms with Crippen LogP contribution in [0.2, 0.25) is 0 Å². The van der Waals surface area contributed by atoms with Crippen LogP contribution in [-0.4, -0.2) is 30.8 Å². The van der Waals surface area contributed by atoms with Crippen molar-refractivity contribution in [2.45, 2.75) is 49.8 Å². The van der Waals surface area contributed by atoms with Crippen molar-refractivity contribution in [3.8, 4) is 0 Å². The fourth-order valence-corrected chi connectivity index (χ4v) is 5.27. The van der Waals surface area contributed by atoms with E-state index in [9.17, 15) is 8.42 Å². The first-order valence-electron chi connectivity index (χ1n) is 7.74. The Hall–Kier alpha value is -1.14. The van der Waals surface area contributed by atoms with E-state index in [-0.39, 0.29) is 10.7 Å². The standard InChI is InChI=1S/C15H23N3O2S/c16-14-13(5-4-10-17-14)21(19,20)18-11-8-15(9-12-18)6-2-1-3-7-15/h4-5,10H,1-3,6-9,11-12H2,(H2,16,17). The zero-order chi connectivity index (χ0) is 14.9. The van der Waals surface area contributed by atoms with E-state index in [1.807, 2.05) is 0 Å². The molecule has 2 heterocycles. The van der Waals surface area contributed by atoms with Gasteiger partial charge in [-0.15, -0.1) is 0 Å². The van der Waals surface area contributed by atoms with Gasteiger partial charge in [-0.2, -0.15) is 4.31 Å². The molecular formula is C15H23N3O2S. The first-order valence-corrected chi connectivity index (χ1v) is 9.18. The van der Waals surface area contributed by atoms with Gasteiger partial charge in [0.05, 0.1) is 0 Å². The highest BCUT2D eigenvalue weighted by Gasteiger charge is 2.39. The van der Waals surface area contributed by atoms with Crippen molar-refractivity contribution in [1.82, 2.24) is 9.29 Å². The molecule has 1 aromatic heterocycles. The summed E-state index contributed by atoms with van der Waals surface area (Å²) in [5.74, 6) is 0.0930. The van der Waals surface area contributed by atoms with Crippen LogP contribution in [0.1, 0.15) is 44.9 Å². The maximum Gasteiger partial charge on any atom is 0.246 e. The number of nitrogens with two attached hydrogens (primary N) is 1. The number of hydrogen-bond donors (Lipinski definition) is 1. The topological polar surface area (TPSA) is 76.3 Å². The Labute approximate surface area is 126 Å². The van der Waals surface area contributed by atoms with Crippen LogP contribution in [0.15, 0.2) is 23.2 Å². The summed E-state index contributed by atoms with van der Waals surface area (Å²) < 4.78 is 27.0. The Kier molecular flexibility index (Phi) is 3.92. The molecule has 2 fully saturated rings. The molecule has 2 N–H and O–H groups in total. The molecule has 0 unspecified atom stereocenters. The summed E-state index contributed by atoms with van der Waals surface area (Å²) in [6, 6.07) is 3.17. The number of hydrogen-bond acceptors (Lipinski definition) is 4. The van der Waals surface area contributed by atoms with Gasteiger partial charge in [0, 0.05) is 19.3 Å². The fourth-order valence-electron chi connectivity index (χ4n) is 3.76. The molecule has 6 heteroatoms. The van der Waals surface area contributed by atoms with Crippen LogP contribution in [0, 0.1) is 5.41 Å². The summed E-state index contributed by atoms with van der Waals surface area (Å²) in [5.41, 5.74) is 6.13. The highest BCUT2D eigenvalue weighted by Crippen LogP contribution is 2.45. The summed E-state index contributed by atoms with van der Waals surface area (Å²) in [5, 5.41) is 0. The van der Waals surface area contributed by atoms with E-state index in [0.717, 1.165) is 12.8 Å². The average molecular weight is 309 g/mol. The molecule has 1 saturated carbocycles. The van der Waals surface area contributed by atoms with E-state index >= 15 is 0 Å². The second kappa shape index (κ2) is 5.57. The van der Waals surface area contributed by atoms with Crippen molar-refractivity contribution >= 4 is 15.8 Å². The molecule has 1 saturated heterocycles. The summed E-state index contributed by atoms with van der Waals surface area (Å²) in [4.78, 5) is 4.04. The quantitative estimate of drug-likeness (QED) is 0.910. The number of aromatic nitrogens is 1. The third-order valence-electron chi connectivity index (χ3n) is 5.11. The maximum atomic E-state index is 12.7.